The molecule has 0 spiro atoms. The van der Waals surface area contributed by atoms with Crippen molar-refractivity contribution in [3.8, 4) is 0 Å². The van der Waals surface area contributed by atoms with Gasteiger partial charge >= 0.3 is 23.9 Å². The van der Waals surface area contributed by atoms with Crippen LogP contribution in [0.15, 0.2) is 5.11 Å². The molecule has 0 aromatic carbocycles. The number of hydrogen-bond donors (Lipinski definition) is 1. The molecule has 0 radical (unpaired) electrons. The lowest BCUT2D eigenvalue weighted by Gasteiger charge is -2.44. The summed E-state index contributed by atoms with van der Waals surface area (Å²) >= 11 is 0. The number of ether oxygens (including phenoxy) is 7. The fourth-order valence-corrected chi connectivity index (χ4v) is 2.80. The maximum atomic E-state index is 11.7. The van der Waals surface area contributed by atoms with Gasteiger partial charge in [-0.25, -0.2) is 0 Å². The second-order valence-corrected chi connectivity index (χ2v) is 6.52. The van der Waals surface area contributed by atoms with Crippen LogP contribution in [0.5, 0.6) is 0 Å². The minimum atomic E-state index is -1.29. The van der Waals surface area contributed by atoms with E-state index in [-0.39, 0.29) is 33.0 Å². The van der Waals surface area contributed by atoms with E-state index in [1.165, 1.54) is 6.92 Å². The van der Waals surface area contributed by atoms with Gasteiger partial charge in [-0.2, -0.15) is 0 Å². The summed E-state index contributed by atoms with van der Waals surface area (Å²) in [6.07, 6.45) is -6.16. The Kier molecular flexibility index (Phi) is 12.0. The molecule has 1 saturated heterocycles. The van der Waals surface area contributed by atoms with E-state index in [0.29, 0.717) is 0 Å². The lowest BCUT2D eigenvalue weighted by molar-refractivity contribution is -0.309. The largest absolute Gasteiger partial charge is 0.463 e. The van der Waals surface area contributed by atoms with Gasteiger partial charge in [-0.05, 0) is 0 Å². The van der Waals surface area contributed by atoms with Crippen LogP contribution in [-0.2, 0) is 52.3 Å². The summed E-state index contributed by atoms with van der Waals surface area (Å²) in [6.45, 7) is 4.71. The zero-order valence-electron chi connectivity index (χ0n) is 18.3. The lowest BCUT2D eigenvalue weighted by Crippen LogP contribution is -2.63. The van der Waals surface area contributed by atoms with Gasteiger partial charge in [0, 0.05) is 27.7 Å². The van der Waals surface area contributed by atoms with Gasteiger partial charge in [-0.3, -0.25) is 19.2 Å². The molecule has 1 aliphatic heterocycles. The first-order valence-corrected chi connectivity index (χ1v) is 9.68. The third-order valence-corrected chi connectivity index (χ3v) is 3.86. The van der Waals surface area contributed by atoms with Crippen LogP contribution in [0.1, 0.15) is 27.7 Å². The smallest absolute Gasteiger partial charge is 0.303 e. The standard InChI is InChI=1S/C18H28N3O11/c1-10(22)28-9-14-15(29-11(2)23)16(30-12(3)24)17(31-13(4)25)18(32-14)27-8-7-26-6-5-20-21-19/h14-19H,5-9H2,1-4H3/q+1/t14-,15+,16+,17-,18-/m1/s1. The summed E-state index contributed by atoms with van der Waals surface area (Å²) < 4.78 is 37.4. The molecule has 0 bridgehead atoms. The summed E-state index contributed by atoms with van der Waals surface area (Å²) in [5, 5.41) is 3.43. The number of nitrogens with zero attached hydrogens (tertiary/aromatic N) is 2. The maximum absolute atomic E-state index is 11.7. The van der Waals surface area contributed by atoms with Gasteiger partial charge in [-0.15, -0.1) is 0 Å². The van der Waals surface area contributed by atoms with Crippen LogP contribution in [0.4, 0.5) is 0 Å². The van der Waals surface area contributed by atoms with Crippen molar-refractivity contribution in [2.45, 2.75) is 58.4 Å². The predicted molar refractivity (Wildman–Crippen MR) is 101 cm³/mol. The number of nitrogens with one attached hydrogen (secondary N) is 1. The van der Waals surface area contributed by atoms with Gasteiger partial charge in [0.2, 0.25) is 4.91 Å². The molecular weight excluding hydrogens is 434 g/mol. The Hall–Kier alpha value is -2.93. The molecule has 1 heterocycles. The summed E-state index contributed by atoms with van der Waals surface area (Å²) in [5.41, 5.74) is 6.56. The average Bonchev–Trinajstić information content (AvgIpc) is 2.68. The normalized spacial score (nSPS) is 24.6. The molecule has 180 valence electrons. The maximum Gasteiger partial charge on any atom is 0.303 e. The van der Waals surface area contributed by atoms with Gasteiger partial charge in [0.25, 0.3) is 0 Å². The molecule has 0 amide bonds. The highest BCUT2D eigenvalue weighted by Crippen LogP contribution is 2.29. The molecule has 1 rings (SSSR count). The van der Waals surface area contributed by atoms with Crippen LogP contribution in [-0.4, -0.2) is 87.6 Å². The summed E-state index contributed by atoms with van der Waals surface area (Å²) in [6, 6.07) is 0. The monoisotopic (exact) mass is 462 g/mol. The van der Waals surface area contributed by atoms with Crippen LogP contribution < -0.4 is 4.91 Å². The molecule has 32 heavy (non-hydrogen) atoms. The Morgan fingerprint density at radius 1 is 0.844 bits per heavy atom. The van der Waals surface area contributed by atoms with Crippen molar-refractivity contribution in [2.24, 2.45) is 5.11 Å². The van der Waals surface area contributed by atoms with Gasteiger partial charge in [0.05, 0.1) is 19.8 Å². The van der Waals surface area contributed by atoms with E-state index in [1.807, 2.05) is 0 Å². The van der Waals surface area contributed by atoms with Crippen molar-refractivity contribution < 1.29 is 52.3 Å². The zero-order valence-corrected chi connectivity index (χ0v) is 18.3. The number of carbonyl (C=O) groups excluding carboxylic acids is 4. The highest BCUT2D eigenvalue weighted by molar-refractivity contribution is 5.68. The second kappa shape index (κ2) is 14.2. The Bertz CT molecular complexity index is 710. The third kappa shape index (κ3) is 9.92. The van der Waals surface area contributed by atoms with E-state index in [1.54, 1.807) is 0 Å². The zero-order chi connectivity index (χ0) is 24.1. The molecule has 1 aliphatic rings. The molecule has 0 saturated carbocycles. The van der Waals surface area contributed by atoms with E-state index in [9.17, 15) is 19.2 Å². The predicted octanol–water partition coefficient (Wildman–Crippen LogP) is -0.347. The van der Waals surface area contributed by atoms with E-state index in [4.69, 9.17) is 38.7 Å². The molecule has 0 aromatic rings. The van der Waals surface area contributed by atoms with Crippen LogP contribution in [0, 0.1) is 5.53 Å². The lowest BCUT2D eigenvalue weighted by atomic mass is 9.98. The highest BCUT2D eigenvalue weighted by atomic mass is 16.7. The second-order valence-electron chi connectivity index (χ2n) is 6.52. The Balaban J connectivity index is 3.05. The molecule has 5 atom stereocenters. The average molecular weight is 462 g/mol. The van der Waals surface area contributed by atoms with Gasteiger partial charge in [0.15, 0.2) is 24.6 Å². The molecule has 0 aliphatic carbocycles. The molecule has 1 fully saturated rings. The van der Waals surface area contributed by atoms with E-state index < -0.39 is 54.6 Å². The minimum absolute atomic E-state index is 0.0221. The number of hydrogen-bond acceptors (Lipinski definition) is 13. The van der Waals surface area contributed by atoms with Gasteiger partial charge in [-0.1, -0.05) is 0 Å². The van der Waals surface area contributed by atoms with Crippen molar-refractivity contribution >= 4 is 23.9 Å². The molecule has 0 unspecified atom stereocenters. The molecule has 0 aromatic heterocycles. The Morgan fingerprint density at radius 2 is 1.44 bits per heavy atom. The SMILES string of the molecule is CC(=O)OC[C@H]1O[C@@H](OCCOCCN=[N+]=N)[C@H](OC(C)=O)[C@@H](OC(C)=O)[C@H]1OC(C)=O. The van der Waals surface area contributed by atoms with Crippen LogP contribution in [0.3, 0.4) is 0 Å². The Labute approximate surface area is 184 Å². The first kappa shape index (κ1) is 27.1. The van der Waals surface area contributed by atoms with Gasteiger partial charge < -0.3 is 33.2 Å². The van der Waals surface area contributed by atoms with Crippen LogP contribution in [0.2, 0.25) is 0 Å². The van der Waals surface area contributed by atoms with Crippen molar-refractivity contribution in [1.82, 2.24) is 4.91 Å². The van der Waals surface area contributed by atoms with Gasteiger partial charge in [0.1, 0.15) is 29.9 Å². The summed E-state index contributed by atoms with van der Waals surface area (Å²) in [4.78, 5) is 49.2. The van der Waals surface area contributed by atoms with Crippen LogP contribution >= 0.6 is 0 Å². The first-order chi connectivity index (χ1) is 15.1. The third-order valence-electron chi connectivity index (χ3n) is 3.86. The van der Waals surface area contributed by atoms with E-state index in [2.05, 4.69) is 10.0 Å². The number of esters is 4. The number of rotatable bonds is 12. The summed E-state index contributed by atoms with van der Waals surface area (Å²) in [7, 11) is 0. The molecular formula is C18H28N3O11+. The Morgan fingerprint density at radius 3 is 2.00 bits per heavy atom. The highest BCUT2D eigenvalue weighted by Gasteiger charge is 2.52. The topological polar surface area (TPSA) is 183 Å². The van der Waals surface area contributed by atoms with E-state index in [0.717, 1.165) is 20.8 Å². The van der Waals surface area contributed by atoms with Crippen molar-refractivity contribution in [3.63, 3.8) is 0 Å². The van der Waals surface area contributed by atoms with Crippen molar-refractivity contribution in [3.05, 3.63) is 0 Å². The quantitative estimate of drug-likeness (QED) is 0.131. The van der Waals surface area contributed by atoms with Crippen molar-refractivity contribution in [1.29, 1.82) is 5.53 Å². The van der Waals surface area contributed by atoms with E-state index >= 15 is 0 Å². The van der Waals surface area contributed by atoms with Crippen LogP contribution in [0.25, 0.3) is 0 Å². The fourth-order valence-electron chi connectivity index (χ4n) is 2.80. The molecule has 14 heteroatoms. The molecule has 14 nitrogen and oxygen atoms in total. The minimum Gasteiger partial charge on any atom is -0.463 e. The number of carbonyl (C=O) groups is 4. The fraction of sp³-hybridized carbons (Fsp3) is 0.778. The summed E-state index contributed by atoms with van der Waals surface area (Å²) in [5.74, 6) is -2.79. The first-order valence-electron chi connectivity index (χ1n) is 9.68. The molecule has 1 N–H and O–H groups in total. The van der Waals surface area contributed by atoms with Crippen molar-refractivity contribution in [2.75, 3.05) is 33.0 Å².